The summed E-state index contributed by atoms with van der Waals surface area (Å²) < 4.78 is 18.4. The molecule has 18 heavy (non-hydrogen) atoms. The number of hydrogen-bond acceptors (Lipinski definition) is 3. The van der Waals surface area contributed by atoms with Crippen LogP contribution in [0.2, 0.25) is 0 Å². The van der Waals surface area contributed by atoms with E-state index in [0.29, 0.717) is 30.9 Å². The summed E-state index contributed by atoms with van der Waals surface area (Å²) in [7, 11) is 0. The van der Waals surface area contributed by atoms with Crippen molar-refractivity contribution in [2.45, 2.75) is 13.0 Å². The maximum atomic E-state index is 13.2. The Hall–Kier alpha value is -1.46. The third-order valence-corrected chi connectivity index (χ3v) is 3.10. The van der Waals surface area contributed by atoms with E-state index in [4.69, 9.17) is 4.74 Å². The third kappa shape index (κ3) is 2.52. The lowest BCUT2D eigenvalue weighted by molar-refractivity contribution is -0.0184. The van der Waals surface area contributed by atoms with Gasteiger partial charge in [-0.15, -0.1) is 0 Å². The minimum Gasteiger partial charge on any atom is -0.394 e. The van der Waals surface area contributed by atoms with E-state index >= 15 is 0 Å². The van der Waals surface area contributed by atoms with Crippen molar-refractivity contribution in [2.75, 3.05) is 26.4 Å². The summed E-state index contributed by atoms with van der Waals surface area (Å²) in [5, 5.41) is 9.22. The first-order valence-corrected chi connectivity index (χ1v) is 5.89. The monoisotopic (exact) mass is 253 g/mol. The molecule has 1 atom stereocenters. The number of morpholine rings is 1. The van der Waals surface area contributed by atoms with Crippen LogP contribution >= 0.6 is 0 Å². The van der Waals surface area contributed by atoms with Crippen LogP contribution < -0.4 is 0 Å². The molecule has 1 fully saturated rings. The molecular formula is C13H16FNO3. The zero-order chi connectivity index (χ0) is 13.1. The fourth-order valence-electron chi connectivity index (χ4n) is 2.02. The van der Waals surface area contributed by atoms with Gasteiger partial charge in [0, 0.05) is 12.1 Å². The Balaban J connectivity index is 2.21. The SMILES string of the molecule is Cc1cc(C(=O)N2CCOCC2CO)ccc1F. The molecule has 1 unspecified atom stereocenters. The number of carbonyl (C=O) groups is 1. The molecule has 0 spiro atoms. The van der Waals surface area contributed by atoms with E-state index in [1.165, 1.54) is 18.2 Å². The van der Waals surface area contributed by atoms with Crippen LogP contribution in [0, 0.1) is 12.7 Å². The normalized spacial score (nSPS) is 19.9. The Labute approximate surface area is 105 Å². The van der Waals surface area contributed by atoms with Crippen LogP contribution in [0.1, 0.15) is 15.9 Å². The molecule has 5 heteroatoms. The van der Waals surface area contributed by atoms with Crippen molar-refractivity contribution in [1.82, 2.24) is 4.90 Å². The summed E-state index contributed by atoms with van der Waals surface area (Å²) in [5.74, 6) is -0.521. The van der Waals surface area contributed by atoms with Gasteiger partial charge in [-0.25, -0.2) is 4.39 Å². The molecule has 0 radical (unpaired) electrons. The van der Waals surface area contributed by atoms with Gasteiger partial charge in [-0.05, 0) is 30.7 Å². The van der Waals surface area contributed by atoms with Crippen molar-refractivity contribution in [3.8, 4) is 0 Å². The molecule has 1 heterocycles. The quantitative estimate of drug-likeness (QED) is 0.854. The van der Waals surface area contributed by atoms with Crippen LogP contribution in [0.15, 0.2) is 18.2 Å². The van der Waals surface area contributed by atoms with Crippen LogP contribution in [0.4, 0.5) is 4.39 Å². The zero-order valence-electron chi connectivity index (χ0n) is 10.2. The van der Waals surface area contributed by atoms with Crippen LogP contribution in [0.5, 0.6) is 0 Å². The van der Waals surface area contributed by atoms with E-state index in [1.807, 2.05) is 0 Å². The predicted octanol–water partition coefficient (Wildman–Crippen LogP) is 0.967. The lowest BCUT2D eigenvalue weighted by atomic mass is 10.1. The minimum atomic E-state index is -0.327. The standard InChI is InChI=1S/C13H16FNO3/c1-9-6-10(2-3-12(9)14)13(17)15-4-5-18-8-11(15)7-16/h2-3,6,11,16H,4-5,7-8H2,1H3. The van der Waals surface area contributed by atoms with Gasteiger partial charge < -0.3 is 14.7 Å². The number of ether oxygens (including phenoxy) is 1. The molecule has 1 aromatic carbocycles. The van der Waals surface area contributed by atoms with Gasteiger partial charge in [-0.2, -0.15) is 0 Å². The molecule has 1 N–H and O–H groups in total. The molecule has 0 aromatic heterocycles. The number of hydrogen-bond donors (Lipinski definition) is 1. The van der Waals surface area contributed by atoms with Crippen molar-refractivity contribution in [1.29, 1.82) is 0 Å². The van der Waals surface area contributed by atoms with Crippen molar-refractivity contribution in [2.24, 2.45) is 0 Å². The number of benzene rings is 1. The van der Waals surface area contributed by atoms with Gasteiger partial charge >= 0.3 is 0 Å². The average Bonchev–Trinajstić information content (AvgIpc) is 2.41. The Morgan fingerprint density at radius 1 is 1.61 bits per heavy atom. The highest BCUT2D eigenvalue weighted by Gasteiger charge is 2.27. The molecule has 1 aliphatic heterocycles. The Morgan fingerprint density at radius 2 is 2.39 bits per heavy atom. The lowest BCUT2D eigenvalue weighted by Crippen LogP contribution is -2.50. The summed E-state index contributed by atoms with van der Waals surface area (Å²) in [4.78, 5) is 13.8. The van der Waals surface area contributed by atoms with Gasteiger partial charge in [0.15, 0.2) is 0 Å². The highest BCUT2D eigenvalue weighted by Crippen LogP contribution is 2.15. The number of nitrogens with zero attached hydrogens (tertiary/aromatic N) is 1. The van der Waals surface area contributed by atoms with E-state index in [0.717, 1.165) is 0 Å². The maximum Gasteiger partial charge on any atom is 0.254 e. The fraction of sp³-hybridized carbons (Fsp3) is 0.462. The average molecular weight is 253 g/mol. The second-order valence-corrected chi connectivity index (χ2v) is 4.37. The smallest absolute Gasteiger partial charge is 0.254 e. The molecule has 98 valence electrons. The number of amides is 1. The number of aliphatic hydroxyl groups is 1. The Kier molecular flexibility index (Phi) is 3.93. The molecule has 0 saturated carbocycles. The van der Waals surface area contributed by atoms with E-state index in [-0.39, 0.29) is 24.4 Å². The number of halogens is 1. The van der Waals surface area contributed by atoms with E-state index in [2.05, 4.69) is 0 Å². The van der Waals surface area contributed by atoms with Crippen LogP contribution in [-0.2, 0) is 4.74 Å². The van der Waals surface area contributed by atoms with Gasteiger partial charge in [0.05, 0.1) is 25.9 Å². The molecule has 1 saturated heterocycles. The van der Waals surface area contributed by atoms with Gasteiger partial charge in [-0.1, -0.05) is 0 Å². The maximum absolute atomic E-state index is 13.2. The summed E-state index contributed by atoms with van der Waals surface area (Å²) in [6.45, 7) is 2.73. The molecule has 2 rings (SSSR count). The minimum absolute atomic E-state index is 0.133. The summed E-state index contributed by atoms with van der Waals surface area (Å²) in [6.07, 6.45) is 0. The first-order valence-electron chi connectivity index (χ1n) is 5.89. The van der Waals surface area contributed by atoms with Gasteiger partial charge in [0.25, 0.3) is 5.91 Å². The molecule has 0 bridgehead atoms. The van der Waals surface area contributed by atoms with Crippen molar-refractivity contribution in [3.05, 3.63) is 35.1 Å². The molecule has 1 aromatic rings. The van der Waals surface area contributed by atoms with E-state index in [1.54, 1.807) is 11.8 Å². The molecule has 1 aliphatic rings. The van der Waals surface area contributed by atoms with Crippen LogP contribution in [0.25, 0.3) is 0 Å². The summed E-state index contributed by atoms with van der Waals surface area (Å²) >= 11 is 0. The number of aliphatic hydroxyl groups excluding tert-OH is 1. The van der Waals surface area contributed by atoms with Crippen molar-refractivity contribution >= 4 is 5.91 Å². The second-order valence-electron chi connectivity index (χ2n) is 4.37. The van der Waals surface area contributed by atoms with Crippen LogP contribution in [-0.4, -0.2) is 48.3 Å². The number of aryl methyl sites for hydroxylation is 1. The van der Waals surface area contributed by atoms with Gasteiger partial charge in [0.1, 0.15) is 5.82 Å². The van der Waals surface area contributed by atoms with E-state index in [9.17, 15) is 14.3 Å². The van der Waals surface area contributed by atoms with Crippen molar-refractivity contribution in [3.63, 3.8) is 0 Å². The second kappa shape index (κ2) is 5.46. The van der Waals surface area contributed by atoms with E-state index < -0.39 is 0 Å². The summed E-state index contributed by atoms with van der Waals surface area (Å²) in [6, 6.07) is 3.96. The first kappa shape index (κ1) is 13.0. The largest absolute Gasteiger partial charge is 0.394 e. The Bertz CT molecular complexity index is 450. The third-order valence-electron chi connectivity index (χ3n) is 3.10. The fourth-order valence-corrected chi connectivity index (χ4v) is 2.02. The zero-order valence-corrected chi connectivity index (χ0v) is 10.2. The topological polar surface area (TPSA) is 49.8 Å². The van der Waals surface area contributed by atoms with Crippen LogP contribution in [0.3, 0.4) is 0 Å². The van der Waals surface area contributed by atoms with Crippen molar-refractivity contribution < 1.29 is 19.0 Å². The van der Waals surface area contributed by atoms with Gasteiger partial charge in [-0.3, -0.25) is 4.79 Å². The summed E-state index contributed by atoms with van der Waals surface area (Å²) in [5.41, 5.74) is 0.879. The molecule has 4 nitrogen and oxygen atoms in total. The molecule has 0 aliphatic carbocycles. The lowest BCUT2D eigenvalue weighted by Gasteiger charge is -2.34. The van der Waals surface area contributed by atoms with Gasteiger partial charge in [0.2, 0.25) is 0 Å². The highest BCUT2D eigenvalue weighted by molar-refractivity contribution is 5.94. The molecule has 1 amide bonds. The number of rotatable bonds is 2. The number of carbonyl (C=O) groups excluding carboxylic acids is 1. The highest BCUT2D eigenvalue weighted by atomic mass is 19.1. The first-order chi connectivity index (χ1) is 8.63. The molecular weight excluding hydrogens is 237 g/mol. The predicted molar refractivity (Wildman–Crippen MR) is 63.9 cm³/mol. The Morgan fingerprint density at radius 3 is 3.06 bits per heavy atom.